The number of aryl methyl sites for hydroxylation is 1. The second kappa shape index (κ2) is 42.9. The predicted octanol–water partition coefficient (Wildman–Crippen LogP) is 20.5. The number of halogens is 3. The third kappa shape index (κ3) is 29.5. The van der Waals surface area contributed by atoms with Crippen LogP contribution in [0.15, 0.2) is 151 Å². The Bertz CT molecular complexity index is 5210. The van der Waals surface area contributed by atoms with Gasteiger partial charge in [-0.2, -0.15) is 0 Å². The molecule has 0 unspecified atom stereocenters. The van der Waals surface area contributed by atoms with Gasteiger partial charge >= 0.3 is 0 Å². The molecule has 0 atom stereocenters. The number of rotatable bonds is 26. The monoisotopic (exact) mass is 1750 g/mol. The second-order valence-corrected chi connectivity index (χ2v) is 44.0. The van der Waals surface area contributed by atoms with Gasteiger partial charge in [0.15, 0.2) is 0 Å². The summed E-state index contributed by atoms with van der Waals surface area (Å²) in [5, 5.41) is 4.36. The Hall–Kier alpha value is -5.53. The number of sulfonamides is 6. The first kappa shape index (κ1) is 103. The fourth-order valence-corrected chi connectivity index (χ4v) is 22.1. The lowest BCUT2D eigenvalue weighted by atomic mass is 9.97. The van der Waals surface area contributed by atoms with Gasteiger partial charge in [0, 0.05) is 75.8 Å². The van der Waals surface area contributed by atoms with Crippen LogP contribution in [0, 0.1) is 20.8 Å². The minimum atomic E-state index is -3.59. The zero-order valence-corrected chi connectivity index (χ0v) is 79.3. The minimum absolute atomic E-state index is 0.136. The number of hydrogen-bond donors (Lipinski definition) is 6. The first-order valence-electron chi connectivity index (χ1n) is 38.5. The molecule has 8 rings (SSSR count). The summed E-state index contributed by atoms with van der Waals surface area (Å²) in [7, 11) is -21.1. The summed E-state index contributed by atoms with van der Waals surface area (Å²) in [4.78, 5) is 9.63. The van der Waals surface area contributed by atoms with Crippen LogP contribution in [0.4, 0.5) is 0 Å². The summed E-state index contributed by atoms with van der Waals surface area (Å²) in [5.74, 6) is 1.96. The molecule has 2 heterocycles. The summed E-state index contributed by atoms with van der Waals surface area (Å²) in [5.41, 5.74) is 8.32. The first-order chi connectivity index (χ1) is 52.2. The molecule has 114 heavy (non-hydrogen) atoms. The average molecular weight is 1750 g/mol. The highest BCUT2D eigenvalue weighted by Gasteiger charge is 2.30. The molecule has 6 N–H and O–H groups in total. The Kier molecular flexibility index (Phi) is 38.7. The topological polar surface area (TPSA) is 303 Å². The maximum Gasteiger partial charge on any atom is 0.242 e. The standard InChI is InChI=1S/C17H24N2O2S.C15H20N2O2S.C15H25NO2S.2C13H20ClNO2S.C12H18ClNO2S/c1-6-17(4,5)19-22(20,21)16-8-7-13(12(2)3)14-9-10-18-11-15(14)16;1-10(2)12-5-6-15(20(18,19)17-11(3)4)14-9-16-8-7-13(12)14;1-7-15(5,6)16-19(17,18)13-8-9-14(11(2)3)12(4)10-13;2*1-8(2)11-6-7-12(13(14)10(11)5)18(16,17)15-9(3)4;1-8(2)11-6-5-10(7-12(11)13)17(15,16)14-9(3)4/h7-12,19H,6H2,1-5H3;5-11,17H,1-4H3;8-11,16H,7H2,1-6H3;2*6-9,15H,1-5H3;5-9,14H,1-4H3. The van der Waals surface area contributed by atoms with E-state index < -0.39 is 71.2 Å². The fraction of sp³-hybridized carbons (Fsp3) is 0.506. The van der Waals surface area contributed by atoms with E-state index in [0.29, 0.717) is 76.5 Å². The van der Waals surface area contributed by atoms with Gasteiger partial charge in [-0.3, -0.25) is 9.97 Å². The third-order valence-electron chi connectivity index (χ3n) is 18.3. The molecule has 8 aromatic rings. The number of fused-ring (bicyclic) bond motifs is 2. The van der Waals surface area contributed by atoms with Gasteiger partial charge in [0.1, 0.15) is 9.79 Å². The van der Waals surface area contributed by atoms with Gasteiger partial charge in [-0.25, -0.2) is 78.8 Å². The van der Waals surface area contributed by atoms with Crippen LogP contribution in [0.2, 0.25) is 15.1 Å². The van der Waals surface area contributed by atoms with Crippen LogP contribution < -0.4 is 28.3 Å². The molecule has 0 amide bonds. The molecular formula is C85H127Cl3N8O12S6. The average Bonchev–Trinajstić information content (AvgIpc) is 0.775. The minimum Gasteiger partial charge on any atom is -0.264 e. The van der Waals surface area contributed by atoms with Crippen molar-refractivity contribution in [3.05, 3.63) is 187 Å². The molecule has 29 heteroatoms. The largest absolute Gasteiger partial charge is 0.264 e. The molecule has 6 aromatic carbocycles. The Morgan fingerprint density at radius 2 is 0.605 bits per heavy atom. The summed E-state index contributed by atoms with van der Waals surface area (Å²) in [6, 6.07) is 27.4. The smallest absolute Gasteiger partial charge is 0.242 e. The van der Waals surface area contributed by atoms with Crippen molar-refractivity contribution in [1.29, 1.82) is 0 Å². The van der Waals surface area contributed by atoms with Gasteiger partial charge in [-0.15, -0.1) is 0 Å². The van der Waals surface area contributed by atoms with Gasteiger partial charge in [-0.05, 0) is 274 Å². The number of nitrogens with zero attached hydrogens (tertiary/aromatic N) is 2. The number of benzene rings is 6. The van der Waals surface area contributed by atoms with Gasteiger partial charge in [0.25, 0.3) is 0 Å². The third-order valence-corrected chi connectivity index (χ3v) is 30.0. The molecular weight excluding hydrogens is 1620 g/mol. The van der Waals surface area contributed by atoms with E-state index in [1.54, 1.807) is 129 Å². The van der Waals surface area contributed by atoms with Crippen molar-refractivity contribution < 1.29 is 50.5 Å². The summed E-state index contributed by atoms with van der Waals surface area (Å²) in [6.07, 6.45) is 8.11. The summed E-state index contributed by atoms with van der Waals surface area (Å²) >= 11 is 18.5. The van der Waals surface area contributed by atoms with Gasteiger partial charge in [0.05, 0.1) is 29.6 Å². The van der Waals surface area contributed by atoms with E-state index in [4.69, 9.17) is 34.8 Å². The molecule has 0 saturated heterocycles. The molecule has 0 spiro atoms. The molecule has 0 fully saturated rings. The zero-order valence-electron chi connectivity index (χ0n) is 72.1. The van der Waals surface area contributed by atoms with Crippen LogP contribution in [-0.4, -0.2) is 95.7 Å². The first-order valence-corrected chi connectivity index (χ1v) is 48.6. The maximum absolute atomic E-state index is 12.8. The quantitative estimate of drug-likeness (QED) is 0.0294. The molecule has 0 bridgehead atoms. The summed E-state index contributed by atoms with van der Waals surface area (Å²) in [6.45, 7) is 56.3. The highest BCUT2D eigenvalue weighted by Crippen LogP contribution is 2.36. The van der Waals surface area contributed by atoms with Crippen LogP contribution in [0.25, 0.3) is 21.5 Å². The number of hydrogen-bond acceptors (Lipinski definition) is 14. The zero-order chi connectivity index (χ0) is 87.7. The van der Waals surface area contributed by atoms with Crippen molar-refractivity contribution in [2.24, 2.45) is 0 Å². The fourth-order valence-electron chi connectivity index (χ4n) is 12.0. The van der Waals surface area contributed by atoms with Crippen molar-refractivity contribution in [3.63, 3.8) is 0 Å². The molecule has 20 nitrogen and oxygen atoms in total. The van der Waals surface area contributed by atoms with Crippen LogP contribution in [0.5, 0.6) is 0 Å². The van der Waals surface area contributed by atoms with E-state index in [0.717, 1.165) is 61.7 Å². The Morgan fingerprint density at radius 3 is 0.921 bits per heavy atom. The Balaban J connectivity index is 0.000000355. The highest BCUT2D eigenvalue weighted by atomic mass is 35.5. The lowest BCUT2D eigenvalue weighted by Gasteiger charge is -2.25. The normalized spacial score (nSPS) is 12.6. The number of pyridine rings is 2. The molecule has 0 aliphatic heterocycles. The van der Waals surface area contributed by atoms with E-state index in [9.17, 15) is 50.5 Å². The molecule has 2 aromatic heterocycles. The molecule has 0 aliphatic rings. The van der Waals surface area contributed by atoms with Crippen LogP contribution in [-0.2, 0) is 60.1 Å². The van der Waals surface area contributed by atoms with Crippen molar-refractivity contribution in [2.45, 2.75) is 314 Å². The van der Waals surface area contributed by atoms with E-state index in [2.05, 4.69) is 108 Å². The summed E-state index contributed by atoms with van der Waals surface area (Å²) < 4.78 is 163. The molecule has 0 saturated carbocycles. The predicted molar refractivity (Wildman–Crippen MR) is 474 cm³/mol. The van der Waals surface area contributed by atoms with E-state index >= 15 is 0 Å². The second-order valence-electron chi connectivity index (χ2n) is 32.8. The van der Waals surface area contributed by atoms with Crippen molar-refractivity contribution in [2.75, 3.05) is 0 Å². The van der Waals surface area contributed by atoms with Gasteiger partial charge in [-0.1, -0.05) is 168 Å². The van der Waals surface area contributed by atoms with Crippen molar-refractivity contribution in [1.82, 2.24) is 38.3 Å². The van der Waals surface area contributed by atoms with Crippen LogP contribution in [0.1, 0.15) is 278 Å². The highest BCUT2D eigenvalue weighted by molar-refractivity contribution is 7.91. The van der Waals surface area contributed by atoms with E-state index in [1.165, 1.54) is 11.6 Å². The SMILES string of the molecule is CC(C)NS(=O)(=O)c1ccc(C(C)C)c(Cl)c1.CC(C)NS(=O)(=O)c1ccc(C(C)C)c2ccncc12.CCC(C)(C)NS(=O)(=O)c1ccc(C(C)C)c(C)c1.CCC(C)(C)NS(=O)(=O)c1ccc(C(C)C)c2ccncc12.Cc1c(C(C)C)ccc(S(=O)(=O)NC(C)C)c1Cl.Cc1c(C(C)C)ccc(S(=O)(=O)NC(C)C)c1Cl. The molecule has 0 aliphatic carbocycles. The van der Waals surface area contributed by atoms with Gasteiger partial charge < -0.3 is 0 Å². The lowest BCUT2D eigenvalue weighted by Crippen LogP contribution is -2.42. The van der Waals surface area contributed by atoms with Crippen molar-refractivity contribution >= 4 is 116 Å². The van der Waals surface area contributed by atoms with Crippen LogP contribution >= 0.6 is 34.8 Å². The van der Waals surface area contributed by atoms with E-state index in [1.807, 2.05) is 119 Å². The number of nitrogens with one attached hydrogen (secondary N) is 6. The van der Waals surface area contributed by atoms with E-state index in [-0.39, 0.29) is 44.8 Å². The number of aromatic nitrogens is 2. The molecule has 636 valence electrons. The Labute approximate surface area is 700 Å². The Morgan fingerprint density at radius 1 is 0.325 bits per heavy atom. The molecule has 0 radical (unpaired) electrons. The maximum atomic E-state index is 12.8. The van der Waals surface area contributed by atoms with Crippen LogP contribution in [0.3, 0.4) is 0 Å². The lowest BCUT2D eigenvalue weighted by molar-refractivity contribution is 0.438. The van der Waals surface area contributed by atoms with Gasteiger partial charge in [0.2, 0.25) is 60.1 Å². The van der Waals surface area contributed by atoms with Crippen molar-refractivity contribution in [3.8, 4) is 0 Å².